The lowest BCUT2D eigenvalue weighted by Crippen LogP contribution is -2.66. The van der Waals surface area contributed by atoms with Gasteiger partial charge >= 0.3 is 0 Å². The number of hydrogen-bond donors (Lipinski definition) is 12. The summed E-state index contributed by atoms with van der Waals surface area (Å²) in [4.78, 5) is 0. The van der Waals surface area contributed by atoms with Crippen molar-refractivity contribution in [1.82, 2.24) is 0 Å². The Labute approximate surface area is 430 Å². The zero-order chi connectivity index (χ0) is 53.2. The molecule has 6 saturated heterocycles. The fraction of sp³-hybridized carbons (Fsp3) is 0.961. The van der Waals surface area contributed by atoms with Gasteiger partial charge in [-0.25, -0.2) is 0 Å². The minimum Gasteiger partial charge on any atom is -0.394 e. The molecule has 74 heavy (non-hydrogen) atoms. The van der Waals surface area contributed by atoms with Crippen molar-refractivity contribution in [2.45, 2.75) is 232 Å². The van der Waals surface area contributed by atoms with Crippen LogP contribution in [0.4, 0.5) is 0 Å². The number of ether oxygens (including phenoxy) is 11. The number of fused-ring (bicyclic) bond motifs is 7. The van der Waals surface area contributed by atoms with Crippen LogP contribution in [-0.2, 0) is 52.1 Å². The average molecular weight is 1060 g/mol. The third-order valence-electron chi connectivity index (χ3n) is 19.9. The molecular weight excluding hydrogens is 981 g/mol. The molecule has 9 fully saturated rings. The summed E-state index contributed by atoms with van der Waals surface area (Å²) < 4.78 is 69.0. The SMILES string of the molecule is COC12CC3C4CC=C5CC(OC6OC(CO)C(O)C(OC7OCC(O)C(O)C7O)C6OC6OC(C)C(O)C(O)C6O)CCC5(C)C4CCC3(C)C1C(C)C1(CCC(C)(COC3OC(CO)C(O)C(O)C3O)O1)O2. The summed E-state index contributed by atoms with van der Waals surface area (Å²) in [6.07, 6.45) is -19.8. The molecule has 30 atom stereocenters. The van der Waals surface area contributed by atoms with E-state index in [2.05, 4.69) is 26.8 Å². The van der Waals surface area contributed by atoms with Crippen molar-refractivity contribution in [3.8, 4) is 0 Å². The first-order valence-electron chi connectivity index (χ1n) is 26.8. The number of allylic oxidation sites excluding steroid dienone is 1. The Balaban J connectivity index is 0.840. The van der Waals surface area contributed by atoms with Crippen molar-refractivity contribution in [2.24, 2.45) is 40.4 Å². The number of methoxy groups -OCH3 is 1. The zero-order valence-electron chi connectivity index (χ0n) is 43.1. The Kier molecular flexibility index (Phi) is 15.7. The minimum absolute atomic E-state index is 0.000997. The van der Waals surface area contributed by atoms with Gasteiger partial charge in [0.25, 0.3) is 0 Å². The molecule has 10 rings (SSSR count). The van der Waals surface area contributed by atoms with Crippen LogP contribution in [0.3, 0.4) is 0 Å². The topological polar surface area (TPSA) is 344 Å². The van der Waals surface area contributed by atoms with Gasteiger partial charge in [-0.05, 0) is 87.4 Å². The average Bonchev–Trinajstić information content (AvgIpc) is 3.95. The molecule has 0 bridgehead atoms. The second kappa shape index (κ2) is 20.7. The molecule has 0 radical (unpaired) electrons. The summed E-state index contributed by atoms with van der Waals surface area (Å²) in [7, 11) is 1.72. The quantitative estimate of drug-likeness (QED) is 0.0920. The molecule has 0 amide bonds. The lowest BCUT2D eigenvalue weighted by atomic mass is 9.47. The van der Waals surface area contributed by atoms with Crippen LogP contribution in [0.25, 0.3) is 0 Å². The van der Waals surface area contributed by atoms with E-state index in [-0.39, 0.29) is 35.2 Å². The van der Waals surface area contributed by atoms with E-state index in [9.17, 15) is 61.3 Å². The van der Waals surface area contributed by atoms with E-state index in [0.29, 0.717) is 43.9 Å². The highest BCUT2D eigenvalue weighted by Crippen LogP contribution is 2.74. The Morgan fingerprint density at radius 3 is 2.01 bits per heavy atom. The van der Waals surface area contributed by atoms with Crippen LogP contribution in [-0.4, -0.2) is 235 Å². The molecule has 12 N–H and O–H groups in total. The first-order valence-corrected chi connectivity index (χ1v) is 26.8. The van der Waals surface area contributed by atoms with E-state index >= 15 is 0 Å². The molecule has 0 aromatic carbocycles. The lowest BCUT2D eigenvalue weighted by molar-refractivity contribution is -0.390. The van der Waals surface area contributed by atoms with E-state index in [1.165, 1.54) is 12.5 Å². The van der Waals surface area contributed by atoms with Gasteiger partial charge in [0.15, 0.2) is 36.7 Å². The van der Waals surface area contributed by atoms with Gasteiger partial charge in [-0.3, -0.25) is 0 Å². The van der Waals surface area contributed by atoms with Crippen LogP contribution in [0.1, 0.15) is 92.4 Å². The molecule has 3 saturated carbocycles. The van der Waals surface area contributed by atoms with Crippen LogP contribution in [0.2, 0.25) is 0 Å². The van der Waals surface area contributed by atoms with Crippen LogP contribution in [0.5, 0.6) is 0 Å². The second-order valence-corrected chi connectivity index (χ2v) is 24.1. The summed E-state index contributed by atoms with van der Waals surface area (Å²) in [6, 6.07) is 0. The molecule has 23 nitrogen and oxygen atoms in total. The third kappa shape index (κ3) is 9.19. The van der Waals surface area contributed by atoms with Crippen LogP contribution >= 0.6 is 0 Å². The summed E-state index contributed by atoms with van der Waals surface area (Å²) >= 11 is 0. The maximum atomic E-state index is 11.6. The van der Waals surface area contributed by atoms with E-state index in [1.807, 2.05) is 6.92 Å². The van der Waals surface area contributed by atoms with Crippen LogP contribution in [0.15, 0.2) is 11.6 Å². The molecule has 23 heteroatoms. The van der Waals surface area contributed by atoms with Crippen LogP contribution < -0.4 is 0 Å². The largest absolute Gasteiger partial charge is 0.394 e. The van der Waals surface area contributed by atoms with Crippen molar-refractivity contribution in [1.29, 1.82) is 0 Å². The zero-order valence-corrected chi connectivity index (χ0v) is 43.1. The summed E-state index contributed by atoms with van der Waals surface area (Å²) in [5.74, 6) is -1.03. The second-order valence-electron chi connectivity index (χ2n) is 24.1. The Bertz CT molecular complexity index is 2000. The standard InChI is InChI=1S/C51H82O23/c1-21-42-49(5)12-10-26-25(27(49)16-51(42,64-6)74-50(21)14-13-47(3,73-50)20-66-44-38(62)36(60)33(57)29(17-52)69-44)8-7-23-15-24(9-11-48(23,26)4)68-46-41(72-45-39(63)35(59)31(55)22(2)67-45)40(34(58)30(18-53)70-46)71-43-37(61)32(56)28(54)19-65-43/h7,21-22,24-46,52-63H,8-20H2,1-6H3. The van der Waals surface area contributed by atoms with Gasteiger partial charge in [0, 0.05) is 31.8 Å². The predicted molar refractivity (Wildman–Crippen MR) is 248 cm³/mol. The van der Waals surface area contributed by atoms with Crippen molar-refractivity contribution >= 4 is 0 Å². The summed E-state index contributed by atoms with van der Waals surface area (Å²) in [6.45, 7) is 8.68. The third-order valence-corrected chi connectivity index (χ3v) is 19.9. The Hall–Kier alpha value is -1.18. The summed E-state index contributed by atoms with van der Waals surface area (Å²) in [5.41, 5.74) is 0.0554. The van der Waals surface area contributed by atoms with Gasteiger partial charge < -0.3 is 113 Å². The van der Waals surface area contributed by atoms with E-state index in [4.69, 9.17) is 52.1 Å². The van der Waals surface area contributed by atoms with Crippen molar-refractivity contribution in [3.05, 3.63) is 11.6 Å². The Morgan fingerprint density at radius 1 is 0.635 bits per heavy atom. The highest BCUT2D eigenvalue weighted by molar-refractivity contribution is 5.27. The summed E-state index contributed by atoms with van der Waals surface area (Å²) in [5, 5.41) is 127. The minimum atomic E-state index is -1.77. The van der Waals surface area contributed by atoms with E-state index in [0.717, 1.165) is 25.7 Å². The molecule has 0 aromatic heterocycles. The van der Waals surface area contributed by atoms with E-state index < -0.39 is 160 Å². The first kappa shape index (κ1) is 56.1. The maximum Gasteiger partial charge on any atom is 0.187 e. The monoisotopic (exact) mass is 1060 g/mol. The smallest absolute Gasteiger partial charge is 0.187 e. The Morgan fingerprint density at radius 2 is 1.30 bits per heavy atom. The molecule has 6 heterocycles. The predicted octanol–water partition coefficient (Wildman–Crippen LogP) is -2.23. The van der Waals surface area contributed by atoms with Crippen molar-refractivity contribution in [2.75, 3.05) is 33.5 Å². The van der Waals surface area contributed by atoms with Gasteiger partial charge in [-0.2, -0.15) is 0 Å². The molecule has 424 valence electrons. The number of aliphatic hydroxyl groups excluding tert-OH is 12. The fourth-order valence-corrected chi connectivity index (χ4v) is 15.6. The molecule has 4 aliphatic carbocycles. The highest BCUT2D eigenvalue weighted by Gasteiger charge is 2.76. The molecule has 10 aliphatic rings. The van der Waals surface area contributed by atoms with E-state index in [1.54, 1.807) is 7.11 Å². The van der Waals surface area contributed by atoms with Crippen molar-refractivity contribution < 1.29 is 113 Å². The molecule has 6 aliphatic heterocycles. The van der Waals surface area contributed by atoms with Gasteiger partial charge in [0.05, 0.1) is 44.2 Å². The normalized spacial score (nSPS) is 57.4. The molecular formula is C51H82O23. The van der Waals surface area contributed by atoms with Crippen molar-refractivity contribution in [3.63, 3.8) is 0 Å². The number of aliphatic hydroxyl groups is 12. The maximum absolute atomic E-state index is 11.6. The molecule has 30 unspecified atom stereocenters. The molecule has 0 aromatic rings. The highest BCUT2D eigenvalue weighted by atomic mass is 16.8. The number of rotatable bonds is 12. The molecule has 1 spiro atoms. The first-order chi connectivity index (χ1) is 35.0. The van der Waals surface area contributed by atoms with Gasteiger partial charge in [-0.15, -0.1) is 0 Å². The van der Waals surface area contributed by atoms with Gasteiger partial charge in [0.2, 0.25) is 0 Å². The number of hydrogen-bond acceptors (Lipinski definition) is 23. The van der Waals surface area contributed by atoms with Gasteiger partial charge in [0.1, 0.15) is 85.5 Å². The lowest BCUT2D eigenvalue weighted by Gasteiger charge is -2.58. The van der Waals surface area contributed by atoms with Crippen LogP contribution in [0, 0.1) is 40.4 Å². The fourth-order valence-electron chi connectivity index (χ4n) is 15.6. The van der Waals surface area contributed by atoms with Gasteiger partial charge in [-0.1, -0.05) is 32.4 Å².